The summed E-state index contributed by atoms with van der Waals surface area (Å²) in [5, 5.41) is 24.7. The summed E-state index contributed by atoms with van der Waals surface area (Å²) in [6, 6.07) is 26.3. The number of hydrogen-bond donors (Lipinski definition) is 4. The second-order valence-electron chi connectivity index (χ2n) is 14.9. The maximum atomic E-state index is 15.9. The lowest BCUT2D eigenvalue weighted by Crippen LogP contribution is -2.40. The zero-order chi connectivity index (χ0) is 45.4. The highest BCUT2D eigenvalue weighted by molar-refractivity contribution is 7.92. The third kappa shape index (κ3) is 10.7. The smallest absolute Gasteiger partial charge is 0.404 e. The van der Waals surface area contributed by atoms with E-state index in [-0.39, 0.29) is 55.5 Å². The Balaban J connectivity index is 1.41. The van der Waals surface area contributed by atoms with Crippen LogP contribution in [0.1, 0.15) is 23.1 Å². The first kappa shape index (κ1) is 45.4. The number of carboxylic acid groups (broad SMARTS) is 1. The molecule has 0 unspecified atom stereocenters. The predicted molar refractivity (Wildman–Crippen MR) is 237 cm³/mol. The minimum atomic E-state index is -4.88. The van der Waals surface area contributed by atoms with Gasteiger partial charge in [-0.25, -0.2) is 31.3 Å². The fourth-order valence-corrected chi connectivity index (χ4v) is 11.0. The molecule has 1 aliphatic heterocycles. The normalized spacial score (nSPS) is 14.4. The Bertz CT molecular complexity index is 2720. The van der Waals surface area contributed by atoms with Gasteiger partial charge in [-0.15, -0.1) is 10.2 Å². The molecule has 5 N–H and O–H groups in total. The molecule has 19 nitrogen and oxygen atoms in total. The number of benzene rings is 4. The molecule has 6 aromatic rings. The highest BCUT2D eigenvalue weighted by atomic mass is 32.2. The average molecular weight is 913 g/mol. The highest BCUT2D eigenvalue weighted by Crippen LogP contribution is 2.41. The molecule has 0 bridgehead atoms. The lowest BCUT2D eigenvalue weighted by Gasteiger charge is -2.26. The van der Waals surface area contributed by atoms with Crippen LogP contribution in [0.25, 0.3) is 22.5 Å². The van der Waals surface area contributed by atoms with E-state index >= 15 is 8.42 Å². The quantitative estimate of drug-likeness (QED) is 0.0895. The van der Waals surface area contributed by atoms with Gasteiger partial charge in [0.1, 0.15) is 32.9 Å². The third-order valence-electron chi connectivity index (χ3n) is 10.6. The number of ether oxygens (including phenoxy) is 3. The summed E-state index contributed by atoms with van der Waals surface area (Å²) in [6.45, 7) is 1.00. The maximum absolute atomic E-state index is 15.9. The van der Waals surface area contributed by atoms with Crippen molar-refractivity contribution >= 4 is 32.0 Å². The van der Waals surface area contributed by atoms with Gasteiger partial charge in [-0.3, -0.25) is 4.90 Å². The molecule has 2 aromatic heterocycles. The molecular weight excluding hydrogens is 865 g/mol. The van der Waals surface area contributed by atoms with Crippen molar-refractivity contribution in [1.29, 1.82) is 0 Å². The van der Waals surface area contributed by atoms with Gasteiger partial charge in [0.2, 0.25) is 25.9 Å². The summed E-state index contributed by atoms with van der Waals surface area (Å²) in [5.41, 5.74) is 8.48. The van der Waals surface area contributed by atoms with E-state index in [1.54, 1.807) is 79.9 Å². The Kier molecular flexibility index (Phi) is 14.0. The van der Waals surface area contributed by atoms with Crippen molar-refractivity contribution in [1.82, 2.24) is 44.4 Å². The van der Waals surface area contributed by atoms with E-state index in [2.05, 4.69) is 30.4 Å². The molecule has 0 radical (unpaired) electrons. The zero-order valence-electron chi connectivity index (χ0n) is 35.3. The Labute approximate surface area is 370 Å². The number of rotatable bonds is 19. The van der Waals surface area contributed by atoms with Gasteiger partial charge in [0.25, 0.3) is 0 Å². The van der Waals surface area contributed by atoms with Crippen LogP contribution in [-0.4, -0.2) is 116 Å². The molecule has 1 fully saturated rings. The molecule has 7 rings (SSSR count). The van der Waals surface area contributed by atoms with Crippen LogP contribution >= 0.6 is 0 Å². The van der Waals surface area contributed by atoms with Gasteiger partial charge in [0, 0.05) is 50.5 Å². The van der Waals surface area contributed by atoms with Gasteiger partial charge in [0.05, 0.1) is 33.4 Å². The van der Waals surface area contributed by atoms with Crippen LogP contribution in [0.5, 0.6) is 17.2 Å². The molecular formula is C43H48N10O9S2. The molecule has 1 aliphatic rings. The summed E-state index contributed by atoms with van der Waals surface area (Å²) >= 11 is 0. The number of amides is 1. The monoisotopic (exact) mass is 912 g/mol. The molecule has 1 saturated heterocycles. The number of nitrogen functional groups attached to an aromatic ring is 1. The van der Waals surface area contributed by atoms with E-state index < -0.39 is 42.0 Å². The van der Waals surface area contributed by atoms with Crippen molar-refractivity contribution in [2.24, 2.45) is 0 Å². The van der Waals surface area contributed by atoms with E-state index in [1.165, 1.54) is 41.7 Å². The molecule has 3 heterocycles. The average Bonchev–Trinajstić information content (AvgIpc) is 3.95. The van der Waals surface area contributed by atoms with Crippen molar-refractivity contribution in [2.75, 3.05) is 53.2 Å². The molecule has 0 aliphatic carbocycles. The Morgan fingerprint density at radius 2 is 1.42 bits per heavy atom. The summed E-state index contributed by atoms with van der Waals surface area (Å²) in [4.78, 5) is 17.4. The van der Waals surface area contributed by atoms with E-state index in [0.717, 1.165) is 5.56 Å². The van der Waals surface area contributed by atoms with Crippen LogP contribution in [0.2, 0.25) is 0 Å². The molecule has 1 amide bonds. The van der Waals surface area contributed by atoms with Crippen molar-refractivity contribution in [3.63, 3.8) is 0 Å². The topological polar surface area (TPSA) is 246 Å². The maximum Gasteiger partial charge on any atom is 0.404 e. The number of nitrogens with two attached hydrogens (primary N) is 1. The van der Waals surface area contributed by atoms with Gasteiger partial charge >= 0.3 is 6.09 Å². The number of anilines is 1. The minimum Gasteiger partial charge on any atom is -0.497 e. The van der Waals surface area contributed by atoms with E-state index in [9.17, 15) is 13.2 Å². The molecule has 336 valence electrons. The second kappa shape index (κ2) is 19.8. The molecule has 0 spiro atoms. The van der Waals surface area contributed by atoms with Crippen LogP contribution in [0.4, 0.5) is 10.6 Å². The van der Waals surface area contributed by atoms with Gasteiger partial charge in [-0.1, -0.05) is 42.5 Å². The Hall–Kier alpha value is -6.65. The van der Waals surface area contributed by atoms with Crippen molar-refractivity contribution < 1.29 is 40.9 Å². The van der Waals surface area contributed by atoms with E-state index in [4.69, 9.17) is 25.1 Å². The summed E-state index contributed by atoms with van der Waals surface area (Å²) in [6.07, 6.45) is 0.679. The lowest BCUT2D eigenvalue weighted by atomic mass is 10.0. The number of nitrogens with one attached hydrogen (secondary N) is 2. The van der Waals surface area contributed by atoms with Gasteiger partial charge in [0.15, 0.2) is 0 Å². The standard InChI is InChI=1S/C43H48N10O9S2/c1-60-34-11-4-29(5-12-34)25-52(26-30-6-13-35(61-2)14-7-30)64(58,59)41-38(63(56,57)49-33-20-22-51(28-33)23-21-45-43(54)55)18-17-37(32-10-19-39(44)46-24-32)40(41)42-47-50-53(48-42)27-31-8-15-36(62-3)16-9-31/h4-19,24,33,45,49H,20-23,25-28H2,1-3H3,(H2,44,46)(H,54,55)/t33-/m1/s1. The molecule has 4 aromatic carbocycles. The first-order valence-corrected chi connectivity index (χ1v) is 23.0. The van der Waals surface area contributed by atoms with E-state index in [1.807, 2.05) is 17.0 Å². The summed E-state index contributed by atoms with van der Waals surface area (Å²) in [7, 11) is -4.92. The fraction of sp³-hybridized carbons (Fsp3) is 0.279. The van der Waals surface area contributed by atoms with E-state index in [0.29, 0.717) is 53.4 Å². The molecule has 0 saturated carbocycles. The summed E-state index contributed by atoms with van der Waals surface area (Å²) in [5.74, 6) is 1.82. The molecule has 64 heavy (non-hydrogen) atoms. The number of methoxy groups -OCH3 is 3. The number of likely N-dealkylation sites (tertiary alicyclic amines) is 1. The Morgan fingerprint density at radius 3 is 1.97 bits per heavy atom. The van der Waals surface area contributed by atoms with Crippen LogP contribution < -0.4 is 30.0 Å². The molecule has 1 atom stereocenters. The number of hydrogen-bond acceptors (Lipinski definition) is 14. The van der Waals surface area contributed by atoms with Crippen molar-refractivity contribution in [3.8, 4) is 39.8 Å². The number of carbonyl (C=O) groups is 1. The SMILES string of the molecule is COc1ccc(CN(Cc2ccc(OC)cc2)S(=O)(=O)c2c(S(=O)(=O)N[C@@H]3CCN(CCNC(=O)O)C3)ccc(-c3ccc(N)nc3)c2-c2nnn(Cc3ccc(OC)cc3)n2)cc1. The van der Waals surface area contributed by atoms with Gasteiger partial charge in [-0.2, -0.15) is 9.10 Å². The number of tetrazole rings is 1. The minimum absolute atomic E-state index is 0.127. The van der Waals surface area contributed by atoms with Crippen LogP contribution in [0, 0.1) is 0 Å². The Morgan fingerprint density at radius 1 is 0.828 bits per heavy atom. The first-order valence-electron chi connectivity index (χ1n) is 20.0. The highest BCUT2D eigenvalue weighted by Gasteiger charge is 2.39. The number of nitrogens with zero attached hydrogens (tertiary/aromatic N) is 7. The first-order chi connectivity index (χ1) is 30.8. The number of pyridine rings is 1. The molecule has 21 heteroatoms. The van der Waals surface area contributed by atoms with Crippen LogP contribution in [-0.2, 0) is 39.7 Å². The number of aromatic nitrogens is 5. The van der Waals surface area contributed by atoms with Gasteiger partial charge < -0.3 is 30.4 Å². The summed E-state index contributed by atoms with van der Waals surface area (Å²) < 4.78 is 81.6. The third-order valence-corrected chi connectivity index (χ3v) is 14.2. The second-order valence-corrected chi connectivity index (χ2v) is 18.4. The number of sulfonamides is 2. The van der Waals surface area contributed by atoms with Crippen molar-refractivity contribution in [2.45, 2.75) is 41.9 Å². The largest absolute Gasteiger partial charge is 0.497 e. The lowest BCUT2D eigenvalue weighted by molar-refractivity contribution is 0.192. The fourth-order valence-electron chi connectivity index (χ4n) is 7.32. The zero-order valence-corrected chi connectivity index (χ0v) is 36.9. The predicted octanol–water partition coefficient (Wildman–Crippen LogP) is 4.07. The van der Waals surface area contributed by atoms with Crippen LogP contribution in [0.3, 0.4) is 0 Å². The van der Waals surface area contributed by atoms with Gasteiger partial charge in [-0.05, 0) is 95.0 Å². The van der Waals surface area contributed by atoms with Crippen LogP contribution in [0.15, 0.2) is 113 Å². The van der Waals surface area contributed by atoms with Crippen molar-refractivity contribution in [3.05, 3.63) is 120 Å².